The minimum atomic E-state index is -3.57. The molecule has 0 aromatic heterocycles. The average molecular weight is 256 g/mol. The summed E-state index contributed by atoms with van der Waals surface area (Å²) < 4.78 is 23.3. The highest BCUT2D eigenvalue weighted by molar-refractivity contribution is 7.92. The number of benzene rings is 1. The molecule has 0 unspecified atom stereocenters. The van der Waals surface area contributed by atoms with Crippen LogP contribution in [-0.4, -0.2) is 36.9 Å². The molecule has 0 heterocycles. The molecule has 5 heteroatoms. The van der Waals surface area contributed by atoms with E-state index in [-0.39, 0.29) is 5.75 Å². The van der Waals surface area contributed by atoms with Gasteiger partial charge in [0.1, 0.15) is 5.25 Å². The van der Waals surface area contributed by atoms with Crippen LogP contribution in [0.3, 0.4) is 0 Å². The molecular formula is C12H16O4S. The van der Waals surface area contributed by atoms with E-state index in [4.69, 9.17) is 5.11 Å². The lowest BCUT2D eigenvalue weighted by molar-refractivity contribution is 0.0961. The van der Waals surface area contributed by atoms with Crippen LogP contribution < -0.4 is 0 Å². The minimum absolute atomic E-state index is 0.157. The first-order valence-electron chi connectivity index (χ1n) is 5.35. The van der Waals surface area contributed by atoms with Crippen molar-refractivity contribution in [2.24, 2.45) is 0 Å². The Balaban J connectivity index is 3.11. The van der Waals surface area contributed by atoms with Crippen LogP contribution in [0.25, 0.3) is 0 Å². The lowest BCUT2D eigenvalue weighted by atomic mass is 10.1. The highest BCUT2D eigenvalue weighted by Gasteiger charge is 2.31. The highest BCUT2D eigenvalue weighted by atomic mass is 32.2. The summed E-state index contributed by atoms with van der Waals surface area (Å²) in [6.45, 7) is 2.60. The zero-order chi connectivity index (χ0) is 13.1. The molecule has 94 valence electrons. The Labute approximate surface area is 101 Å². The second kappa shape index (κ2) is 5.42. The molecule has 17 heavy (non-hydrogen) atoms. The molecule has 0 aliphatic heterocycles. The molecule has 1 aromatic rings. The Bertz CT molecular complexity index is 505. The predicted octanol–water partition coefficient (Wildman–Crippen LogP) is 0.973. The third-order valence-corrected chi connectivity index (χ3v) is 4.63. The fraction of sp³-hybridized carbons (Fsp3) is 0.417. The molecule has 1 aromatic carbocycles. The number of ketones is 1. The third-order valence-electron chi connectivity index (χ3n) is 2.60. The molecule has 0 fully saturated rings. The van der Waals surface area contributed by atoms with E-state index in [1.54, 1.807) is 18.2 Å². The molecule has 0 saturated carbocycles. The number of rotatable bonds is 5. The van der Waals surface area contributed by atoms with Gasteiger partial charge in [0.05, 0.1) is 6.61 Å². The van der Waals surface area contributed by atoms with Gasteiger partial charge in [-0.25, -0.2) is 8.42 Å². The zero-order valence-electron chi connectivity index (χ0n) is 9.88. The first-order valence-corrected chi connectivity index (χ1v) is 7.07. The van der Waals surface area contributed by atoms with Crippen LogP contribution in [0.2, 0.25) is 0 Å². The number of aliphatic hydroxyl groups is 1. The Morgan fingerprint density at radius 2 is 2.06 bits per heavy atom. The number of carbonyl (C=O) groups excluding carboxylic acids is 1. The number of aliphatic hydroxyl groups excluding tert-OH is 1. The number of aryl methyl sites for hydroxylation is 1. The van der Waals surface area contributed by atoms with Crippen LogP contribution in [0, 0.1) is 6.92 Å². The van der Waals surface area contributed by atoms with Crippen molar-refractivity contribution in [1.82, 2.24) is 0 Å². The smallest absolute Gasteiger partial charge is 0.183 e. The van der Waals surface area contributed by atoms with Crippen molar-refractivity contribution >= 4 is 15.6 Å². The number of hydrogen-bond acceptors (Lipinski definition) is 4. The van der Waals surface area contributed by atoms with Crippen LogP contribution >= 0.6 is 0 Å². The monoisotopic (exact) mass is 256 g/mol. The fourth-order valence-corrected chi connectivity index (χ4v) is 2.64. The molecule has 0 bridgehead atoms. The second-order valence-electron chi connectivity index (χ2n) is 3.86. The van der Waals surface area contributed by atoms with Gasteiger partial charge in [0.2, 0.25) is 0 Å². The van der Waals surface area contributed by atoms with Crippen LogP contribution in [0.5, 0.6) is 0 Å². The van der Waals surface area contributed by atoms with Crippen LogP contribution in [0.1, 0.15) is 22.8 Å². The summed E-state index contributed by atoms with van der Waals surface area (Å²) in [4.78, 5) is 12.0. The Morgan fingerprint density at radius 3 is 2.53 bits per heavy atom. The standard InChI is InChI=1S/C12H16O4S/c1-3-17(15,16)11(8-13)12(14)10-6-4-5-9(2)7-10/h4-7,11,13H,3,8H2,1-2H3/t11-/m0/s1. The molecule has 1 N–H and O–H groups in total. The van der Waals surface area contributed by atoms with E-state index in [2.05, 4.69) is 0 Å². The summed E-state index contributed by atoms with van der Waals surface area (Å²) in [5.74, 6) is -0.700. The van der Waals surface area contributed by atoms with Gasteiger partial charge in [-0.3, -0.25) is 4.79 Å². The van der Waals surface area contributed by atoms with Crippen molar-refractivity contribution in [2.75, 3.05) is 12.4 Å². The van der Waals surface area contributed by atoms with Gasteiger partial charge >= 0.3 is 0 Å². The van der Waals surface area contributed by atoms with E-state index in [0.717, 1.165) is 5.56 Å². The van der Waals surface area contributed by atoms with Gasteiger partial charge in [0, 0.05) is 11.3 Å². The van der Waals surface area contributed by atoms with E-state index in [1.807, 2.05) is 13.0 Å². The molecule has 1 rings (SSSR count). The van der Waals surface area contributed by atoms with Crippen molar-refractivity contribution in [3.8, 4) is 0 Å². The normalized spacial score (nSPS) is 13.4. The first kappa shape index (κ1) is 13.9. The van der Waals surface area contributed by atoms with E-state index in [1.165, 1.54) is 6.92 Å². The van der Waals surface area contributed by atoms with Gasteiger partial charge in [-0.05, 0) is 13.0 Å². The second-order valence-corrected chi connectivity index (χ2v) is 6.33. The molecule has 0 spiro atoms. The third kappa shape index (κ3) is 3.14. The molecule has 0 aliphatic carbocycles. The summed E-state index contributed by atoms with van der Waals surface area (Å²) in [7, 11) is -3.57. The summed E-state index contributed by atoms with van der Waals surface area (Å²) in [6.07, 6.45) is 0. The summed E-state index contributed by atoms with van der Waals surface area (Å²) in [5, 5.41) is 7.74. The topological polar surface area (TPSA) is 71.4 Å². The van der Waals surface area contributed by atoms with Crippen molar-refractivity contribution < 1.29 is 18.3 Å². The molecule has 0 amide bonds. The van der Waals surface area contributed by atoms with E-state index in [0.29, 0.717) is 5.56 Å². The van der Waals surface area contributed by atoms with Gasteiger partial charge in [-0.1, -0.05) is 30.7 Å². The lowest BCUT2D eigenvalue weighted by Crippen LogP contribution is -2.35. The van der Waals surface area contributed by atoms with Crippen LogP contribution in [0.15, 0.2) is 24.3 Å². The van der Waals surface area contributed by atoms with Crippen molar-refractivity contribution in [1.29, 1.82) is 0 Å². The maximum Gasteiger partial charge on any atom is 0.183 e. The molecule has 0 saturated heterocycles. The zero-order valence-corrected chi connectivity index (χ0v) is 10.7. The largest absolute Gasteiger partial charge is 0.395 e. The maximum absolute atomic E-state index is 12.0. The van der Waals surface area contributed by atoms with E-state index < -0.39 is 27.5 Å². The number of sulfone groups is 1. The maximum atomic E-state index is 12.0. The molecule has 4 nitrogen and oxygen atoms in total. The summed E-state index contributed by atoms with van der Waals surface area (Å²) in [6, 6.07) is 6.69. The van der Waals surface area contributed by atoms with Crippen molar-refractivity contribution in [3.05, 3.63) is 35.4 Å². The van der Waals surface area contributed by atoms with Gasteiger partial charge in [-0.2, -0.15) is 0 Å². The minimum Gasteiger partial charge on any atom is -0.395 e. The Kier molecular flexibility index (Phi) is 4.42. The highest BCUT2D eigenvalue weighted by Crippen LogP contribution is 2.12. The quantitative estimate of drug-likeness (QED) is 0.797. The van der Waals surface area contributed by atoms with Gasteiger partial charge < -0.3 is 5.11 Å². The van der Waals surface area contributed by atoms with E-state index >= 15 is 0 Å². The molecular weight excluding hydrogens is 240 g/mol. The summed E-state index contributed by atoms with van der Waals surface area (Å²) in [5.41, 5.74) is 1.20. The number of hydrogen-bond donors (Lipinski definition) is 1. The fourth-order valence-electron chi connectivity index (χ4n) is 1.54. The average Bonchev–Trinajstić information content (AvgIpc) is 2.29. The van der Waals surface area contributed by atoms with Crippen LogP contribution in [-0.2, 0) is 9.84 Å². The van der Waals surface area contributed by atoms with E-state index in [9.17, 15) is 13.2 Å². The van der Waals surface area contributed by atoms with Crippen LogP contribution in [0.4, 0.5) is 0 Å². The first-order chi connectivity index (χ1) is 7.92. The number of carbonyl (C=O) groups is 1. The van der Waals surface area contributed by atoms with Crippen molar-refractivity contribution in [2.45, 2.75) is 19.1 Å². The van der Waals surface area contributed by atoms with Gasteiger partial charge in [0.25, 0.3) is 0 Å². The number of Topliss-reactive ketones (excluding diaryl/α,β-unsaturated/α-hetero) is 1. The SMILES string of the molecule is CCS(=O)(=O)[C@@H](CO)C(=O)c1cccc(C)c1. The Hall–Kier alpha value is -1.20. The van der Waals surface area contributed by atoms with Gasteiger partial charge in [0.15, 0.2) is 15.6 Å². The van der Waals surface area contributed by atoms with Crippen molar-refractivity contribution in [3.63, 3.8) is 0 Å². The molecule has 0 radical (unpaired) electrons. The molecule has 0 aliphatic rings. The van der Waals surface area contributed by atoms with Gasteiger partial charge in [-0.15, -0.1) is 0 Å². The predicted molar refractivity (Wildman–Crippen MR) is 65.8 cm³/mol. The Morgan fingerprint density at radius 1 is 1.41 bits per heavy atom. The lowest BCUT2D eigenvalue weighted by Gasteiger charge is -2.13. The summed E-state index contributed by atoms with van der Waals surface area (Å²) >= 11 is 0. The molecule has 1 atom stereocenters.